The van der Waals surface area contributed by atoms with Crippen molar-refractivity contribution in [3.05, 3.63) is 30.3 Å². The molecule has 0 aromatic heterocycles. The second-order valence-electron chi connectivity index (χ2n) is 4.45. The van der Waals surface area contributed by atoms with Gasteiger partial charge in [0, 0.05) is 33.9 Å². The minimum absolute atomic E-state index is 0.185. The summed E-state index contributed by atoms with van der Waals surface area (Å²) < 4.78 is 30.8. The predicted molar refractivity (Wildman–Crippen MR) is 65.0 cm³/mol. The number of rotatable bonds is 1. The van der Waals surface area contributed by atoms with Gasteiger partial charge < -0.3 is 4.55 Å². The normalized spacial score (nSPS) is 11.5. The Kier molecular flexibility index (Phi) is 5.43. The maximum atomic E-state index is 10.3. The van der Waals surface area contributed by atoms with Crippen molar-refractivity contribution < 1.29 is 13.0 Å². The summed E-state index contributed by atoms with van der Waals surface area (Å²) in [5.41, 5.74) is 0. The van der Waals surface area contributed by atoms with Crippen LogP contribution in [-0.2, 0) is 10.1 Å². The third-order valence-electron chi connectivity index (χ3n) is 1.03. The summed E-state index contributed by atoms with van der Waals surface area (Å²) in [5, 5.41) is 0. The van der Waals surface area contributed by atoms with E-state index >= 15 is 0 Å². The van der Waals surface area contributed by atoms with Gasteiger partial charge in [0.15, 0.2) is 0 Å². The Hall–Kier alpha value is -0.440. The van der Waals surface area contributed by atoms with Gasteiger partial charge in [-0.1, -0.05) is 18.2 Å². The van der Waals surface area contributed by atoms with Crippen LogP contribution in [0, 0.1) is 0 Å². The summed E-state index contributed by atoms with van der Waals surface area (Å²) in [7, 11) is -4.64. The molecule has 0 saturated carbocycles. The highest BCUT2D eigenvalue weighted by molar-refractivity contribution is 7.85. The molecule has 1 aromatic carbocycles. The fourth-order valence-electron chi connectivity index (χ4n) is 0.587. The zero-order valence-electron chi connectivity index (χ0n) is 9.47. The van der Waals surface area contributed by atoms with Gasteiger partial charge >= 0.3 is 0 Å². The zero-order valence-corrected chi connectivity index (χ0v) is 11.2. The summed E-state index contributed by atoms with van der Waals surface area (Å²) in [6, 6.07) is 7.19. The summed E-state index contributed by atoms with van der Waals surface area (Å²) in [4.78, 5) is -0.185. The summed E-state index contributed by atoms with van der Waals surface area (Å²) >= 11 is 0. The summed E-state index contributed by atoms with van der Waals surface area (Å²) in [6.07, 6.45) is 0. The van der Waals surface area contributed by atoms with Crippen LogP contribution in [-0.4, -0.2) is 39.6 Å². The van der Waals surface area contributed by atoms with Gasteiger partial charge in [0.2, 0.25) is 0 Å². The third-order valence-corrected chi connectivity index (χ3v) is 1.88. The van der Waals surface area contributed by atoms with Gasteiger partial charge in [-0.25, -0.2) is 8.42 Å². The van der Waals surface area contributed by atoms with Crippen molar-refractivity contribution in [2.75, 3.05) is 26.7 Å². The summed E-state index contributed by atoms with van der Waals surface area (Å²) in [5.74, 6) is 0. The maximum absolute atomic E-state index is 10.3. The van der Waals surface area contributed by atoms with Crippen LogP contribution in [0.15, 0.2) is 35.2 Å². The minimum Gasteiger partial charge on any atom is -0.744 e. The lowest BCUT2D eigenvalue weighted by molar-refractivity contribution is 0.463. The van der Waals surface area contributed by atoms with Crippen molar-refractivity contribution >= 4 is 17.4 Å². The van der Waals surface area contributed by atoms with E-state index in [1.165, 1.54) is 24.3 Å². The Morgan fingerprint density at radius 2 is 1.33 bits per heavy atom. The molecule has 0 amide bonds. The Labute approximate surface area is 92.6 Å². The third kappa shape index (κ3) is 9.85. The highest BCUT2D eigenvalue weighted by Crippen LogP contribution is 2.40. The lowest BCUT2D eigenvalue weighted by Crippen LogP contribution is -1.96. The molecule has 0 heterocycles. The average Bonchev–Trinajstić information content (AvgIpc) is 2.01. The van der Waals surface area contributed by atoms with Crippen LogP contribution in [0.4, 0.5) is 0 Å². The first kappa shape index (κ1) is 14.6. The van der Waals surface area contributed by atoms with Gasteiger partial charge in [-0.2, -0.15) is 0 Å². The first-order valence-electron chi connectivity index (χ1n) is 4.40. The lowest BCUT2D eigenvalue weighted by atomic mass is 10.4. The standard InChI is InChI=1S/C6H6O3S.C4H12P/c7-10(8,9)6-4-2-1-3-5-6;1-5(2,3)4/h1-5H,(H,7,8,9);1-4H3/q;+1/p-1. The first-order chi connectivity index (χ1) is 6.61. The van der Waals surface area contributed by atoms with Gasteiger partial charge in [-0.3, -0.25) is 0 Å². The molecule has 0 radical (unpaired) electrons. The summed E-state index contributed by atoms with van der Waals surface area (Å²) in [6.45, 7) is 9.19. The van der Waals surface area contributed by atoms with Gasteiger partial charge in [-0.05, 0) is 12.1 Å². The van der Waals surface area contributed by atoms with E-state index in [0.717, 1.165) is 0 Å². The highest BCUT2D eigenvalue weighted by Gasteiger charge is 2.03. The van der Waals surface area contributed by atoms with Gasteiger partial charge in [-0.15, -0.1) is 0 Å². The van der Waals surface area contributed by atoms with E-state index in [0.29, 0.717) is 0 Å². The van der Waals surface area contributed by atoms with E-state index in [4.69, 9.17) is 0 Å². The molecule has 0 spiro atoms. The SMILES string of the molecule is C[P+](C)(C)C.O=S(=O)([O-])c1ccccc1. The molecule has 0 unspecified atom stereocenters. The second kappa shape index (κ2) is 5.59. The fourth-order valence-corrected chi connectivity index (χ4v) is 1.08. The molecule has 1 rings (SSSR count). The number of hydrogen-bond acceptors (Lipinski definition) is 3. The smallest absolute Gasteiger partial charge is 0.124 e. The molecule has 3 nitrogen and oxygen atoms in total. The quantitative estimate of drug-likeness (QED) is 0.565. The Balaban J connectivity index is 0.000000336. The van der Waals surface area contributed by atoms with Gasteiger partial charge in [0.25, 0.3) is 0 Å². The second-order valence-corrected chi connectivity index (χ2v) is 11.2. The van der Waals surface area contributed by atoms with Crippen molar-refractivity contribution in [3.63, 3.8) is 0 Å². The Morgan fingerprint density at radius 3 is 1.53 bits per heavy atom. The van der Waals surface area contributed by atoms with Crippen molar-refractivity contribution in [2.24, 2.45) is 0 Å². The zero-order chi connectivity index (χ0) is 12.1. The Morgan fingerprint density at radius 1 is 1.00 bits per heavy atom. The van der Waals surface area contributed by atoms with E-state index in [2.05, 4.69) is 26.7 Å². The van der Waals surface area contributed by atoms with Gasteiger partial charge in [0.05, 0.1) is 4.90 Å². The van der Waals surface area contributed by atoms with E-state index in [-0.39, 0.29) is 12.2 Å². The van der Waals surface area contributed by atoms with E-state index in [9.17, 15) is 13.0 Å². The van der Waals surface area contributed by atoms with E-state index in [1.54, 1.807) is 6.07 Å². The fraction of sp³-hybridized carbons (Fsp3) is 0.400. The topological polar surface area (TPSA) is 57.2 Å². The minimum atomic E-state index is -4.25. The highest BCUT2D eigenvalue weighted by atomic mass is 32.2. The predicted octanol–water partition coefficient (Wildman–Crippen LogP) is 2.11. The van der Waals surface area contributed by atoms with Crippen LogP contribution in [0.2, 0.25) is 0 Å². The monoisotopic (exact) mass is 248 g/mol. The molecule has 0 atom stereocenters. The molecule has 1 aromatic rings. The molecule has 15 heavy (non-hydrogen) atoms. The van der Waals surface area contributed by atoms with Crippen LogP contribution in [0.5, 0.6) is 0 Å². The lowest BCUT2D eigenvalue weighted by Gasteiger charge is -2.04. The van der Waals surface area contributed by atoms with Crippen LogP contribution in [0.1, 0.15) is 0 Å². The van der Waals surface area contributed by atoms with Crippen LogP contribution >= 0.6 is 7.26 Å². The molecule has 0 aliphatic heterocycles. The van der Waals surface area contributed by atoms with E-state index < -0.39 is 10.1 Å². The molecule has 0 N–H and O–H groups in total. The molecule has 5 heteroatoms. The molecular weight excluding hydrogens is 231 g/mol. The molecule has 86 valence electrons. The number of benzene rings is 1. The Bertz CT molecular complexity index is 373. The largest absolute Gasteiger partial charge is 0.744 e. The van der Waals surface area contributed by atoms with Crippen molar-refractivity contribution in [2.45, 2.75) is 4.90 Å². The maximum Gasteiger partial charge on any atom is 0.124 e. The van der Waals surface area contributed by atoms with E-state index in [1.807, 2.05) is 0 Å². The number of hydrogen-bond donors (Lipinski definition) is 0. The molecule has 0 saturated heterocycles. The molecule has 0 fully saturated rings. The molecule has 0 aliphatic carbocycles. The van der Waals surface area contributed by atoms with Crippen LogP contribution in [0.25, 0.3) is 0 Å². The van der Waals surface area contributed by atoms with Crippen molar-refractivity contribution in [3.8, 4) is 0 Å². The first-order valence-corrected chi connectivity index (χ1v) is 9.39. The van der Waals surface area contributed by atoms with Gasteiger partial charge in [0.1, 0.15) is 10.1 Å². The van der Waals surface area contributed by atoms with Crippen molar-refractivity contribution in [1.29, 1.82) is 0 Å². The van der Waals surface area contributed by atoms with Crippen LogP contribution in [0.3, 0.4) is 0 Å². The van der Waals surface area contributed by atoms with Crippen molar-refractivity contribution in [1.82, 2.24) is 0 Å². The molecular formula is C10H17O3PS. The average molecular weight is 248 g/mol. The molecule has 0 aliphatic rings. The molecule has 0 bridgehead atoms. The van der Waals surface area contributed by atoms with Crippen LogP contribution < -0.4 is 0 Å².